The number of rotatable bonds is 5. The second-order valence-corrected chi connectivity index (χ2v) is 4.61. The van der Waals surface area contributed by atoms with Crippen molar-refractivity contribution in [3.8, 4) is 0 Å². The Labute approximate surface area is 107 Å². The summed E-state index contributed by atoms with van der Waals surface area (Å²) < 4.78 is 5.87. The second kappa shape index (κ2) is 5.56. The third-order valence-corrected chi connectivity index (χ3v) is 3.18. The molecule has 0 saturated carbocycles. The van der Waals surface area contributed by atoms with E-state index in [1.165, 1.54) is 0 Å². The molecule has 0 saturated heterocycles. The summed E-state index contributed by atoms with van der Waals surface area (Å²) in [5, 5.41) is 5.20. The minimum Gasteiger partial charge on any atom is -0.458 e. The van der Waals surface area contributed by atoms with E-state index in [9.17, 15) is 0 Å². The van der Waals surface area contributed by atoms with Gasteiger partial charge in [-0.2, -0.15) is 0 Å². The highest BCUT2D eigenvalue weighted by Gasteiger charge is 2.15. The van der Waals surface area contributed by atoms with Crippen molar-refractivity contribution in [2.75, 3.05) is 6.54 Å². The predicted octanol–water partition coefficient (Wildman–Crippen LogP) is 4.54. The van der Waals surface area contributed by atoms with Crippen LogP contribution in [0.2, 0.25) is 5.02 Å². The Bertz CT molecular complexity index is 486. The van der Waals surface area contributed by atoms with Crippen molar-refractivity contribution >= 4 is 22.6 Å². The number of benzene rings is 1. The van der Waals surface area contributed by atoms with Gasteiger partial charge in [-0.1, -0.05) is 44.0 Å². The van der Waals surface area contributed by atoms with E-state index in [0.717, 1.165) is 36.1 Å². The number of furan rings is 1. The van der Waals surface area contributed by atoms with Crippen LogP contribution in [0.4, 0.5) is 0 Å². The fourth-order valence-electron chi connectivity index (χ4n) is 2.10. The van der Waals surface area contributed by atoms with Crippen LogP contribution < -0.4 is 5.32 Å². The summed E-state index contributed by atoms with van der Waals surface area (Å²) in [6, 6.07) is 8.21. The van der Waals surface area contributed by atoms with Crippen LogP contribution in [0.25, 0.3) is 11.0 Å². The van der Waals surface area contributed by atoms with Gasteiger partial charge in [-0.25, -0.2) is 0 Å². The third kappa shape index (κ3) is 2.64. The van der Waals surface area contributed by atoms with Gasteiger partial charge in [-0.15, -0.1) is 0 Å². The highest BCUT2D eigenvalue weighted by Crippen LogP contribution is 2.30. The minimum absolute atomic E-state index is 0.286. The van der Waals surface area contributed by atoms with Gasteiger partial charge in [0.15, 0.2) is 5.58 Å². The normalized spacial score (nSPS) is 13.1. The zero-order valence-corrected chi connectivity index (χ0v) is 11.1. The van der Waals surface area contributed by atoms with Crippen LogP contribution in [0.3, 0.4) is 0 Å². The lowest BCUT2D eigenvalue weighted by atomic mass is 10.1. The van der Waals surface area contributed by atoms with Crippen LogP contribution in [-0.4, -0.2) is 6.54 Å². The molecule has 1 aromatic carbocycles. The molecule has 0 bridgehead atoms. The molecular formula is C14H18ClNO. The number of para-hydroxylation sites is 1. The summed E-state index contributed by atoms with van der Waals surface area (Å²) in [7, 11) is 0. The second-order valence-electron chi connectivity index (χ2n) is 4.21. The summed E-state index contributed by atoms with van der Waals surface area (Å²) >= 11 is 6.12. The van der Waals surface area contributed by atoms with E-state index in [1.54, 1.807) is 0 Å². The Morgan fingerprint density at radius 2 is 2.18 bits per heavy atom. The molecule has 1 N–H and O–H groups in total. The maximum Gasteiger partial charge on any atom is 0.152 e. The van der Waals surface area contributed by atoms with Crippen LogP contribution in [0.5, 0.6) is 0 Å². The predicted molar refractivity (Wildman–Crippen MR) is 72.5 cm³/mol. The lowest BCUT2D eigenvalue weighted by Gasteiger charge is -2.13. The van der Waals surface area contributed by atoms with Gasteiger partial charge < -0.3 is 9.73 Å². The van der Waals surface area contributed by atoms with E-state index in [1.807, 2.05) is 18.2 Å². The highest BCUT2D eigenvalue weighted by molar-refractivity contribution is 6.34. The Morgan fingerprint density at radius 1 is 1.35 bits per heavy atom. The monoisotopic (exact) mass is 251 g/mol. The van der Waals surface area contributed by atoms with Crippen LogP contribution in [-0.2, 0) is 0 Å². The Morgan fingerprint density at radius 3 is 2.82 bits per heavy atom. The van der Waals surface area contributed by atoms with Crippen LogP contribution >= 0.6 is 11.6 Å². The lowest BCUT2D eigenvalue weighted by molar-refractivity contribution is 0.414. The van der Waals surface area contributed by atoms with Crippen LogP contribution in [0.1, 0.15) is 38.5 Å². The van der Waals surface area contributed by atoms with E-state index in [0.29, 0.717) is 5.02 Å². The molecule has 2 aromatic rings. The maximum absolute atomic E-state index is 6.12. The molecule has 1 atom stereocenters. The molecule has 1 unspecified atom stereocenters. The molecule has 3 heteroatoms. The molecule has 2 rings (SSSR count). The quantitative estimate of drug-likeness (QED) is 0.844. The molecule has 0 aliphatic carbocycles. The Kier molecular flexibility index (Phi) is 4.08. The van der Waals surface area contributed by atoms with E-state index in [2.05, 4.69) is 25.2 Å². The van der Waals surface area contributed by atoms with E-state index >= 15 is 0 Å². The summed E-state index contributed by atoms with van der Waals surface area (Å²) in [5.41, 5.74) is 0.795. The largest absolute Gasteiger partial charge is 0.458 e. The smallest absolute Gasteiger partial charge is 0.152 e. The van der Waals surface area contributed by atoms with Crippen LogP contribution in [0.15, 0.2) is 28.7 Å². The minimum atomic E-state index is 0.286. The van der Waals surface area contributed by atoms with E-state index in [-0.39, 0.29) is 6.04 Å². The average molecular weight is 252 g/mol. The van der Waals surface area contributed by atoms with Gasteiger partial charge in [0.05, 0.1) is 11.1 Å². The topological polar surface area (TPSA) is 25.2 Å². The molecule has 0 aliphatic rings. The number of hydrogen-bond acceptors (Lipinski definition) is 2. The summed E-state index contributed by atoms with van der Waals surface area (Å²) in [6.45, 7) is 5.23. The average Bonchev–Trinajstić information content (AvgIpc) is 2.74. The highest BCUT2D eigenvalue weighted by atomic mass is 35.5. The van der Waals surface area contributed by atoms with Crippen LogP contribution in [0, 0.1) is 0 Å². The molecule has 0 aliphatic heterocycles. The van der Waals surface area contributed by atoms with E-state index < -0.39 is 0 Å². The fourth-order valence-corrected chi connectivity index (χ4v) is 2.32. The zero-order valence-electron chi connectivity index (χ0n) is 10.3. The van der Waals surface area contributed by atoms with Gasteiger partial charge in [-0.05, 0) is 25.1 Å². The van der Waals surface area contributed by atoms with Gasteiger partial charge in [0.2, 0.25) is 0 Å². The molecular weight excluding hydrogens is 234 g/mol. The van der Waals surface area contributed by atoms with Gasteiger partial charge in [-0.3, -0.25) is 0 Å². The number of halogens is 1. The van der Waals surface area contributed by atoms with Gasteiger partial charge >= 0.3 is 0 Å². The molecule has 0 spiro atoms. The maximum atomic E-state index is 6.12. The summed E-state index contributed by atoms with van der Waals surface area (Å²) in [6.07, 6.45) is 2.20. The molecule has 1 aromatic heterocycles. The summed E-state index contributed by atoms with van der Waals surface area (Å²) in [4.78, 5) is 0. The van der Waals surface area contributed by atoms with Crippen molar-refractivity contribution < 1.29 is 4.42 Å². The molecule has 1 heterocycles. The van der Waals surface area contributed by atoms with Crippen molar-refractivity contribution in [1.82, 2.24) is 5.32 Å². The first-order valence-corrected chi connectivity index (χ1v) is 6.55. The van der Waals surface area contributed by atoms with Crippen molar-refractivity contribution in [3.63, 3.8) is 0 Å². The lowest BCUT2D eigenvalue weighted by Crippen LogP contribution is -2.20. The summed E-state index contributed by atoms with van der Waals surface area (Å²) in [5.74, 6) is 0.983. The molecule has 0 radical (unpaired) electrons. The van der Waals surface area contributed by atoms with E-state index in [4.69, 9.17) is 16.0 Å². The number of fused-ring (bicyclic) bond motifs is 1. The number of nitrogens with one attached hydrogen (secondary N) is 1. The molecule has 2 nitrogen and oxygen atoms in total. The van der Waals surface area contributed by atoms with Crippen molar-refractivity contribution in [2.24, 2.45) is 0 Å². The molecule has 92 valence electrons. The third-order valence-electron chi connectivity index (χ3n) is 2.89. The van der Waals surface area contributed by atoms with Crippen molar-refractivity contribution in [1.29, 1.82) is 0 Å². The zero-order chi connectivity index (χ0) is 12.3. The first kappa shape index (κ1) is 12.5. The van der Waals surface area contributed by atoms with Crippen molar-refractivity contribution in [3.05, 3.63) is 35.0 Å². The van der Waals surface area contributed by atoms with Gasteiger partial charge in [0.1, 0.15) is 5.76 Å². The fraction of sp³-hybridized carbons (Fsp3) is 0.429. The molecule has 0 amide bonds. The standard InChI is InChI=1S/C14H18ClNO/c1-3-6-12(16-4-2)13-9-10-7-5-8-11(15)14(10)17-13/h5,7-9,12,16H,3-4,6H2,1-2H3. The molecule has 0 fully saturated rings. The first-order valence-electron chi connectivity index (χ1n) is 6.17. The Balaban J connectivity index is 2.36. The molecule has 17 heavy (non-hydrogen) atoms. The SMILES string of the molecule is CCCC(NCC)c1cc2cccc(Cl)c2o1. The Hall–Kier alpha value is -0.990. The first-order chi connectivity index (χ1) is 8.26. The van der Waals surface area contributed by atoms with Gasteiger partial charge in [0, 0.05) is 5.39 Å². The van der Waals surface area contributed by atoms with Crippen molar-refractivity contribution in [2.45, 2.75) is 32.7 Å². The number of hydrogen-bond donors (Lipinski definition) is 1. The van der Waals surface area contributed by atoms with Gasteiger partial charge in [0.25, 0.3) is 0 Å².